The van der Waals surface area contributed by atoms with Crippen LogP contribution in [0.1, 0.15) is 11.5 Å². The average Bonchev–Trinajstić information content (AvgIpc) is 2.13. The molecule has 82 valence electrons. The van der Waals surface area contributed by atoms with Gasteiger partial charge in [0.05, 0.1) is 10.4 Å². The Morgan fingerprint density at radius 1 is 1.53 bits per heavy atom. The molecule has 0 amide bonds. The van der Waals surface area contributed by atoms with Crippen molar-refractivity contribution < 1.29 is 18.7 Å². The zero-order chi connectivity index (χ0) is 11.6. The lowest BCUT2D eigenvalue weighted by molar-refractivity contribution is -0.138. The van der Waals surface area contributed by atoms with Gasteiger partial charge in [-0.25, -0.2) is 8.78 Å². The molecular weight excluding hydrogens is 272 g/mol. The van der Waals surface area contributed by atoms with Crippen LogP contribution in [0.25, 0.3) is 0 Å². The minimum absolute atomic E-state index is 0.00231. The lowest BCUT2D eigenvalue weighted by Gasteiger charge is -2.12. The van der Waals surface area contributed by atoms with E-state index >= 15 is 0 Å². The molecule has 0 saturated carbocycles. The average molecular weight is 280 g/mol. The Morgan fingerprint density at radius 3 is 2.60 bits per heavy atom. The van der Waals surface area contributed by atoms with Gasteiger partial charge in [0.1, 0.15) is 11.6 Å². The van der Waals surface area contributed by atoms with Crippen molar-refractivity contribution in [2.45, 2.75) is 5.92 Å². The van der Waals surface area contributed by atoms with E-state index < -0.39 is 23.5 Å². The number of hydrogen-bond acceptors (Lipinski definition) is 2. The number of rotatable bonds is 3. The molecule has 1 atom stereocenters. The normalized spacial score (nSPS) is 12.5. The van der Waals surface area contributed by atoms with Crippen LogP contribution >= 0.6 is 15.9 Å². The van der Waals surface area contributed by atoms with E-state index in [9.17, 15) is 13.6 Å². The van der Waals surface area contributed by atoms with E-state index in [4.69, 9.17) is 10.8 Å². The molecule has 1 aromatic carbocycles. The maximum absolute atomic E-state index is 13.1. The van der Waals surface area contributed by atoms with Crippen molar-refractivity contribution in [1.82, 2.24) is 0 Å². The molecule has 0 bridgehead atoms. The molecule has 0 saturated heterocycles. The first-order chi connectivity index (χ1) is 6.97. The molecule has 0 spiro atoms. The van der Waals surface area contributed by atoms with Gasteiger partial charge in [0.2, 0.25) is 0 Å². The van der Waals surface area contributed by atoms with Crippen LogP contribution in [0.3, 0.4) is 0 Å². The molecule has 6 heteroatoms. The van der Waals surface area contributed by atoms with Gasteiger partial charge in [0.15, 0.2) is 0 Å². The van der Waals surface area contributed by atoms with Gasteiger partial charge in [-0.1, -0.05) is 0 Å². The van der Waals surface area contributed by atoms with Crippen molar-refractivity contribution in [1.29, 1.82) is 0 Å². The van der Waals surface area contributed by atoms with Crippen molar-refractivity contribution >= 4 is 21.9 Å². The van der Waals surface area contributed by atoms with Crippen LogP contribution in [-0.2, 0) is 4.79 Å². The summed E-state index contributed by atoms with van der Waals surface area (Å²) in [4.78, 5) is 10.8. The van der Waals surface area contributed by atoms with E-state index in [1.54, 1.807) is 0 Å². The maximum atomic E-state index is 13.1. The second-order valence-electron chi connectivity index (χ2n) is 2.92. The van der Waals surface area contributed by atoms with Gasteiger partial charge in [-0.15, -0.1) is 0 Å². The fourth-order valence-corrected chi connectivity index (χ4v) is 1.70. The summed E-state index contributed by atoms with van der Waals surface area (Å²) in [6.07, 6.45) is 0. The highest BCUT2D eigenvalue weighted by molar-refractivity contribution is 9.10. The van der Waals surface area contributed by atoms with Gasteiger partial charge in [-0.3, -0.25) is 4.79 Å². The Kier molecular flexibility index (Phi) is 3.76. The monoisotopic (exact) mass is 279 g/mol. The zero-order valence-corrected chi connectivity index (χ0v) is 9.09. The summed E-state index contributed by atoms with van der Waals surface area (Å²) in [6, 6.07) is 1.63. The molecular formula is C9H8BrF2NO2. The predicted octanol–water partition coefficient (Wildman–Crippen LogP) is 1.85. The summed E-state index contributed by atoms with van der Waals surface area (Å²) in [7, 11) is 0. The van der Waals surface area contributed by atoms with Gasteiger partial charge >= 0.3 is 5.97 Å². The second-order valence-corrected chi connectivity index (χ2v) is 3.71. The first kappa shape index (κ1) is 12.1. The standard InChI is InChI=1S/C9H8BrF2NO2/c10-8-5(6(3-13)9(14)15)1-4(11)2-7(8)12/h1-2,6H,3,13H2,(H,14,15). The van der Waals surface area contributed by atoms with Crippen molar-refractivity contribution in [2.75, 3.05) is 6.54 Å². The first-order valence-electron chi connectivity index (χ1n) is 4.04. The van der Waals surface area contributed by atoms with Crippen LogP contribution in [-0.4, -0.2) is 17.6 Å². The Labute approximate surface area is 93.0 Å². The topological polar surface area (TPSA) is 63.3 Å². The third kappa shape index (κ3) is 2.51. The van der Waals surface area contributed by atoms with Crippen molar-refractivity contribution in [3.05, 3.63) is 33.8 Å². The van der Waals surface area contributed by atoms with Gasteiger partial charge in [-0.05, 0) is 27.6 Å². The van der Waals surface area contributed by atoms with Crippen LogP contribution in [0.5, 0.6) is 0 Å². The second kappa shape index (κ2) is 4.67. The number of nitrogens with two attached hydrogens (primary N) is 1. The molecule has 3 nitrogen and oxygen atoms in total. The predicted molar refractivity (Wildman–Crippen MR) is 53.5 cm³/mol. The maximum Gasteiger partial charge on any atom is 0.312 e. The van der Waals surface area contributed by atoms with Gasteiger partial charge in [-0.2, -0.15) is 0 Å². The Bertz CT molecular complexity index is 398. The molecule has 1 unspecified atom stereocenters. The highest BCUT2D eigenvalue weighted by atomic mass is 79.9. The van der Waals surface area contributed by atoms with Crippen LogP contribution in [0, 0.1) is 11.6 Å². The summed E-state index contributed by atoms with van der Waals surface area (Å²) in [5, 5.41) is 8.79. The Balaban J connectivity index is 3.28. The van der Waals surface area contributed by atoms with Crippen LogP contribution in [0.15, 0.2) is 16.6 Å². The van der Waals surface area contributed by atoms with E-state index in [-0.39, 0.29) is 16.6 Å². The number of benzene rings is 1. The molecule has 0 aliphatic heterocycles. The van der Waals surface area contributed by atoms with E-state index in [1.807, 2.05) is 0 Å². The van der Waals surface area contributed by atoms with E-state index in [1.165, 1.54) is 0 Å². The van der Waals surface area contributed by atoms with E-state index in [0.29, 0.717) is 6.07 Å². The van der Waals surface area contributed by atoms with Crippen molar-refractivity contribution in [3.8, 4) is 0 Å². The number of halogens is 3. The van der Waals surface area contributed by atoms with Crippen molar-refractivity contribution in [2.24, 2.45) is 5.73 Å². The fourth-order valence-electron chi connectivity index (χ4n) is 1.19. The summed E-state index contributed by atoms with van der Waals surface area (Å²) >= 11 is 2.86. The molecule has 0 radical (unpaired) electrons. The molecule has 3 N–H and O–H groups in total. The molecule has 1 aromatic rings. The lowest BCUT2D eigenvalue weighted by Crippen LogP contribution is -2.22. The van der Waals surface area contributed by atoms with Crippen molar-refractivity contribution in [3.63, 3.8) is 0 Å². The number of carbonyl (C=O) groups is 1. The smallest absolute Gasteiger partial charge is 0.312 e. The Morgan fingerprint density at radius 2 is 2.13 bits per heavy atom. The first-order valence-corrected chi connectivity index (χ1v) is 4.84. The van der Waals surface area contributed by atoms with Gasteiger partial charge in [0, 0.05) is 12.6 Å². The molecule has 0 aliphatic rings. The molecule has 0 aliphatic carbocycles. The number of carboxylic acid groups (broad SMARTS) is 1. The zero-order valence-electron chi connectivity index (χ0n) is 7.51. The molecule has 15 heavy (non-hydrogen) atoms. The van der Waals surface area contributed by atoms with Crippen LogP contribution in [0.4, 0.5) is 8.78 Å². The third-order valence-corrected chi connectivity index (χ3v) is 2.77. The summed E-state index contributed by atoms with van der Waals surface area (Å²) in [5.41, 5.74) is 5.23. The number of aliphatic carboxylic acids is 1. The quantitative estimate of drug-likeness (QED) is 0.830. The fraction of sp³-hybridized carbons (Fsp3) is 0.222. The van der Waals surface area contributed by atoms with Gasteiger partial charge < -0.3 is 10.8 Å². The minimum atomic E-state index is -1.22. The molecule has 0 fully saturated rings. The highest BCUT2D eigenvalue weighted by Gasteiger charge is 2.23. The molecule has 0 heterocycles. The lowest BCUT2D eigenvalue weighted by atomic mass is 9.99. The van der Waals surface area contributed by atoms with Crippen LogP contribution in [0.2, 0.25) is 0 Å². The largest absolute Gasteiger partial charge is 0.481 e. The van der Waals surface area contributed by atoms with Gasteiger partial charge in [0.25, 0.3) is 0 Å². The summed E-state index contributed by atoms with van der Waals surface area (Å²) < 4.78 is 25.9. The minimum Gasteiger partial charge on any atom is -0.481 e. The number of carboxylic acids is 1. The Hall–Kier alpha value is -1.01. The van der Waals surface area contributed by atoms with E-state index in [0.717, 1.165) is 6.07 Å². The molecule has 1 rings (SSSR count). The number of hydrogen-bond donors (Lipinski definition) is 2. The van der Waals surface area contributed by atoms with Crippen LogP contribution < -0.4 is 5.73 Å². The summed E-state index contributed by atoms with van der Waals surface area (Å²) in [6.45, 7) is -0.225. The SMILES string of the molecule is NCC(C(=O)O)c1cc(F)cc(F)c1Br. The molecule has 0 aromatic heterocycles. The summed E-state index contributed by atoms with van der Waals surface area (Å²) in [5.74, 6) is -4.01. The third-order valence-electron chi connectivity index (χ3n) is 1.93. The van der Waals surface area contributed by atoms with E-state index in [2.05, 4.69) is 15.9 Å². The highest BCUT2D eigenvalue weighted by Crippen LogP contribution is 2.28.